The first-order valence-corrected chi connectivity index (χ1v) is 11.7. The van der Waals surface area contributed by atoms with E-state index in [1.807, 2.05) is 0 Å². The van der Waals surface area contributed by atoms with E-state index in [0.29, 0.717) is 11.3 Å². The number of nitrogens with two attached hydrogens (primary N) is 1. The molecule has 2 amide bonds. The van der Waals surface area contributed by atoms with Crippen LogP contribution >= 0.6 is 0 Å². The second-order valence-electron chi connectivity index (χ2n) is 10.1. The highest BCUT2D eigenvalue weighted by atomic mass is 16.6. The van der Waals surface area contributed by atoms with E-state index in [0.717, 1.165) is 0 Å². The smallest absolute Gasteiger partial charge is 0.278 e. The van der Waals surface area contributed by atoms with E-state index in [-0.39, 0.29) is 29.5 Å². The summed E-state index contributed by atoms with van der Waals surface area (Å²) in [5.41, 5.74) is 3.82. The van der Waals surface area contributed by atoms with Crippen LogP contribution in [0.5, 0.6) is 5.75 Å². The van der Waals surface area contributed by atoms with Gasteiger partial charge in [0.2, 0.25) is 5.78 Å². The third-order valence-corrected chi connectivity index (χ3v) is 7.62. The van der Waals surface area contributed by atoms with Gasteiger partial charge in [0.15, 0.2) is 11.4 Å². The number of fused-ring (bicyclic) bond motifs is 3. The van der Waals surface area contributed by atoms with Gasteiger partial charge in [0.25, 0.3) is 11.8 Å². The number of phenolic OH excluding ortho intramolecular Hbond substituents is 1. The van der Waals surface area contributed by atoms with Gasteiger partial charge in [-0.25, -0.2) is 5.48 Å². The fourth-order valence-electron chi connectivity index (χ4n) is 6.02. The quantitative estimate of drug-likeness (QED) is 0.211. The summed E-state index contributed by atoms with van der Waals surface area (Å²) in [4.78, 5) is 59.6. The molecule has 0 spiro atoms. The van der Waals surface area contributed by atoms with Gasteiger partial charge >= 0.3 is 0 Å². The number of amides is 2. The minimum atomic E-state index is -2.74. The van der Waals surface area contributed by atoms with Crippen LogP contribution in [-0.4, -0.2) is 95.7 Å². The highest BCUT2D eigenvalue weighted by Gasteiger charge is 2.63. The van der Waals surface area contributed by atoms with E-state index in [1.54, 1.807) is 33.1 Å². The Bertz CT molecular complexity index is 1350. The first kappa shape index (κ1) is 27.1. The molecule has 0 fully saturated rings. The predicted octanol–water partition coefficient (Wildman–Crippen LogP) is -0.522. The molecule has 0 saturated heterocycles. The van der Waals surface area contributed by atoms with Crippen molar-refractivity contribution in [1.29, 1.82) is 0 Å². The summed E-state index contributed by atoms with van der Waals surface area (Å²) < 4.78 is 0. The van der Waals surface area contributed by atoms with E-state index in [4.69, 9.17) is 5.73 Å². The van der Waals surface area contributed by atoms with Crippen molar-refractivity contribution in [3.8, 4) is 5.75 Å². The number of rotatable bonds is 5. The number of benzene rings is 1. The van der Waals surface area contributed by atoms with Crippen LogP contribution < -0.4 is 16.1 Å². The van der Waals surface area contributed by atoms with Crippen molar-refractivity contribution < 1.29 is 44.4 Å². The highest BCUT2D eigenvalue weighted by Crippen LogP contribution is 2.53. The largest absolute Gasteiger partial charge is 0.510 e. The van der Waals surface area contributed by atoms with Crippen molar-refractivity contribution in [2.24, 2.45) is 17.6 Å². The fourth-order valence-corrected chi connectivity index (χ4v) is 6.02. The SMILES string of the molecule is CONC(=O)c1cc(N(C)C)c2c(c1O)C(=O)C1=C(O)[C@]3(O)C(=O)C(C(N)=O)=C(O)[C@@H](N(C)C)[C@@H]3C[C@@H]1C2. The summed E-state index contributed by atoms with van der Waals surface area (Å²) in [6.07, 6.45) is 0.0626. The van der Waals surface area contributed by atoms with Crippen molar-refractivity contribution in [2.45, 2.75) is 24.5 Å². The van der Waals surface area contributed by atoms with Crippen LogP contribution in [0.4, 0.5) is 5.69 Å². The number of likely N-dealkylation sites (N-methyl/N-ethyl adjacent to an activating group) is 1. The average Bonchev–Trinajstić information content (AvgIpc) is 2.81. The second-order valence-corrected chi connectivity index (χ2v) is 10.1. The molecule has 7 N–H and O–H groups in total. The standard InChI is InChI=1S/C25H30N4O9/c1-28(2)13-8-11(24(36)27-38-5)18(30)15-10(13)6-9-7-12-17(29(3)4)20(32)16(23(26)35)22(34)25(12,37)21(33)14(9)19(15)31/h8-9,12,17,30,32-33,37H,6-7H2,1-5H3,(H2,26,35)(H,27,36)/t9-,12-,17-,25-/m0/s1. The van der Waals surface area contributed by atoms with Gasteiger partial charge in [0, 0.05) is 31.3 Å². The lowest BCUT2D eigenvalue weighted by Gasteiger charge is -2.50. The van der Waals surface area contributed by atoms with Gasteiger partial charge in [0.1, 0.15) is 22.8 Å². The normalized spacial score (nSPS) is 26.7. The van der Waals surface area contributed by atoms with Crippen molar-refractivity contribution in [2.75, 3.05) is 40.2 Å². The van der Waals surface area contributed by atoms with Crippen LogP contribution in [0, 0.1) is 11.8 Å². The molecule has 4 rings (SSSR count). The molecule has 1 aromatic rings. The second kappa shape index (κ2) is 9.11. The number of hydrogen-bond acceptors (Lipinski definition) is 11. The number of hydroxylamine groups is 1. The molecule has 3 aliphatic rings. The fraction of sp³-hybridized carbons (Fsp3) is 0.440. The monoisotopic (exact) mass is 530 g/mol. The molecule has 0 saturated carbocycles. The molecule has 13 nitrogen and oxygen atoms in total. The number of nitrogens with one attached hydrogen (secondary N) is 1. The molecule has 1 aromatic carbocycles. The van der Waals surface area contributed by atoms with Gasteiger partial charge in [-0.05, 0) is 44.5 Å². The third-order valence-electron chi connectivity index (χ3n) is 7.62. The topological polar surface area (TPSA) is 203 Å². The maximum atomic E-state index is 13.9. The molecule has 0 radical (unpaired) electrons. The zero-order chi connectivity index (χ0) is 28.4. The average molecular weight is 531 g/mol. The van der Waals surface area contributed by atoms with E-state index in [9.17, 15) is 39.6 Å². The number of carbonyl (C=O) groups is 4. The van der Waals surface area contributed by atoms with Crippen LogP contribution in [0.2, 0.25) is 0 Å². The Morgan fingerprint density at radius 2 is 1.79 bits per heavy atom. The predicted molar refractivity (Wildman–Crippen MR) is 132 cm³/mol. The number of phenols is 1. The molecule has 0 heterocycles. The van der Waals surface area contributed by atoms with Gasteiger partial charge < -0.3 is 31.1 Å². The van der Waals surface area contributed by atoms with Crippen LogP contribution in [0.1, 0.15) is 32.7 Å². The molecule has 0 bridgehead atoms. The van der Waals surface area contributed by atoms with E-state index >= 15 is 0 Å². The Labute approximate surface area is 217 Å². The lowest BCUT2D eigenvalue weighted by molar-refractivity contribution is -0.148. The minimum absolute atomic E-state index is 0.0364. The minimum Gasteiger partial charge on any atom is -0.510 e. The van der Waals surface area contributed by atoms with Gasteiger partial charge in [0.05, 0.1) is 24.3 Å². The van der Waals surface area contributed by atoms with Gasteiger partial charge in [-0.15, -0.1) is 0 Å². The van der Waals surface area contributed by atoms with Crippen molar-refractivity contribution in [1.82, 2.24) is 10.4 Å². The Balaban J connectivity index is 1.99. The number of hydrogen-bond donors (Lipinski definition) is 6. The van der Waals surface area contributed by atoms with Crippen LogP contribution in [0.25, 0.3) is 0 Å². The molecule has 4 atom stereocenters. The number of primary amides is 1. The molecule has 38 heavy (non-hydrogen) atoms. The Morgan fingerprint density at radius 1 is 1.16 bits per heavy atom. The van der Waals surface area contributed by atoms with Gasteiger partial charge in [-0.2, -0.15) is 0 Å². The maximum absolute atomic E-state index is 13.9. The first-order valence-electron chi connectivity index (χ1n) is 11.7. The molecule has 13 heteroatoms. The van der Waals surface area contributed by atoms with Crippen molar-refractivity contribution in [3.05, 3.63) is 45.4 Å². The van der Waals surface area contributed by atoms with E-state index in [1.165, 1.54) is 18.1 Å². The Morgan fingerprint density at radius 3 is 2.32 bits per heavy atom. The molecule has 204 valence electrons. The van der Waals surface area contributed by atoms with Crippen LogP contribution in [0.3, 0.4) is 0 Å². The lowest BCUT2D eigenvalue weighted by atomic mass is 9.58. The van der Waals surface area contributed by atoms with Crippen molar-refractivity contribution >= 4 is 29.1 Å². The number of allylic oxidation sites excluding steroid dienone is 1. The van der Waals surface area contributed by atoms with Crippen molar-refractivity contribution in [3.63, 3.8) is 0 Å². The number of aromatic hydroxyl groups is 1. The number of anilines is 1. The number of Topliss-reactive ketones (excluding diaryl/α,β-unsaturated/α-hetero) is 2. The summed E-state index contributed by atoms with van der Waals surface area (Å²) in [6, 6.07) is 0.325. The summed E-state index contributed by atoms with van der Waals surface area (Å²) in [5, 5.41) is 44.9. The van der Waals surface area contributed by atoms with E-state index in [2.05, 4.69) is 10.3 Å². The molecule has 3 aliphatic carbocycles. The molecular weight excluding hydrogens is 500 g/mol. The number of nitrogens with zero attached hydrogens (tertiary/aromatic N) is 2. The lowest BCUT2D eigenvalue weighted by Crippen LogP contribution is -2.63. The molecule has 0 aliphatic heterocycles. The molecular formula is C25H30N4O9. The Kier molecular flexibility index (Phi) is 6.50. The number of aliphatic hydroxyl groups is 3. The zero-order valence-corrected chi connectivity index (χ0v) is 21.5. The summed E-state index contributed by atoms with van der Waals surface area (Å²) in [6.45, 7) is 0. The summed E-state index contributed by atoms with van der Waals surface area (Å²) in [7, 11) is 7.69. The number of ketones is 2. The summed E-state index contributed by atoms with van der Waals surface area (Å²) >= 11 is 0. The van der Waals surface area contributed by atoms with Crippen LogP contribution in [0.15, 0.2) is 28.7 Å². The number of carbonyl (C=O) groups excluding carboxylic acids is 4. The Hall–Kier alpha value is -3.94. The zero-order valence-electron chi connectivity index (χ0n) is 21.5. The highest BCUT2D eigenvalue weighted by molar-refractivity contribution is 6.25. The van der Waals surface area contributed by atoms with E-state index < -0.39 is 69.7 Å². The van der Waals surface area contributed by atoms with Crippen LogP contribution in [-0.2, 0) is 20.8 Å². The maximum Gasteiger partial charge on any atom is 0.278 e. The third kappa shape index (κ3) is 3.57. The molecule has 0 unspecified atom stereocenters. The number of aliphatic hydroxyl groups excluding tert-OH is 2. The first-order chi connectivity index (χ1) is 17.7. The molecule has 0 aromatic heterocycles. The summed E-state index contributed by atoms with van der Waals surface area (Å²) in [5.74, 6) is -8.45. The van der Waals surface area contributed by atoms with Gasteiger partial charge in [-0.3, -0.25) is 28.9 Å². The van der Waals surface area contributed by atoms with Gasteiger partial charge in [-0.1, -0.05) is 0 Å².